The third-order valence-electron chi connectivity index (χ3n) is 4.97. The second kappa shape index (κ2) is 8.72. The van der Waals surface area contributed by atoms with E-state index in [9.17, 15) is 14.7 Å². The minimum Gasteiger partial charge on any atom is -0.497 e. The van der Waals surface area contributed by atoms with Gasteiger partial charge in [0.05, 0.1) is 33.8 Å². The topological polar surface area (TPSA) is 97.3 Å². The summed E-state index contributed by atoms with van der Waals surface area (Å²) < 4.78 is 15.8. The molecule has 1 atom stereocenters. The highest BCUT2D eigenvalue weighted by Gasteiger charge is 2.33. The Kier molecular flexibility index (Phi) is 6.11. The number of rotatable bonds is 6. The Morgan fingerprint density at radius 1 is 1.07 bits per heavy atom. The number of aliphatic carboxylic acids is 1. The molecule has 8 nitrogen and oxygen atoms in total. The number of carbonyl (C=O) groups is 2. The van der Waals surface area contributed by atoms with Gasteiger partial charge < -0.3 is 29.5 Å². The molecule has 2 N–H and O–H groups in total. The number of methoxy groups -OCH3 is 3. The Bertz CT molecular complexity index is 897. The lowest BCUT2D eigenvalue weighted by Gasteiger charge is -2.37. The predicted octanol–water partition coefficient (Wildman–Crippen LogP) is 3.32. The van der Waals surface area contributed by atoms with E-state index in [4.69, 9.17) is 14.2 Å². The summed E-state index contributed by atoms with van der Waals surface area (Å²) in [5, 5.41) is 12.3. The first kappa shape index (κ1) is 20.3. The van der Waals surface area contributed by atoms with Crippen LogP contribution >= 0.6 is 0 Å². The van der Waals surface area contributed by atoms with Gasteiger partial charge in [-0.1, -0.05) is 0 Å². The summed E-state index contributed by atoms with van der Waals surface area (Å²) in [5.74, 6) is 0.773. The van der Waals surface area contributed by atoms with Gasteiger partial charge in [0.25, 0.3) is 0 Å². The zero-order chi connectivity index (χ0) is 21.0. The Morgan fingerprint density at radius 2 is 1.72 bits per heavy atom. The molecule has 0 radical (unpaired) electrons. The number of hydrogen-bond acceptors (Lipinski definition) is 5. The number of anilines is 1. The van der Waals surface area contributed by atoms with Crippen molar-refractivity contribution in [2.45, 2.75) is 18.9 Å². The molecule has 154 valence electrons. The normalized spacial score (nSPS) is 15.3. The van der Waals surface area contributed by atoms with Crippen LogP contribution in [0.2, 0.25) is 0 Å². The molecule has 8 heteroatoms. The second-order valence-electron chi connectivity index (χ2n) is 6.62. The molecule has 2 amide bonds. The van der Waals surface area contributed by atoms with E-state index < -0.39 is 12.0 Å². The number of nitrogens with zero attached hydrogens (tertiary/aromatic N) is 1. The third kappa shape index (κ3) is 4.37. The summed E-state index contributed by atoms with van der Waals surface area (Å²) in [6, 6.07) is 9.58. The smallest absolute Gasteiger partial charge is 0.322 e. The van der Waals surface area contributed by atoms with E-state index >= 15 is 0 Å². The Hall–Kier alpha value is -3.42. The zero-order valence-corrected chi connectivity index (χ0v) is 16.6. The number of nitrogens with one attached hydrogen (secondary N) is 1. The van der Waals surface area contributed by atoms with E-state index in [1.165, 1.54) is 7.11 Å². The average molecular weight is 400 g/mol. The van der Waals surface area contributed by atoms with Gasteiger partial charge >= 0.3 is 12.0 Å². The van der Waals surface area contributed by atoms with Crippen molar-refractivity contribution >= 4 is 17.7 Å². The number of carboxylic acids is 1. The van der Waals surface area contributed by atoms with Crippen molar-refractivity contribution in [3.63, 3.8) is 0 Å². The van der Waals surface area contributed by atoms with Gasteiger partial charge in [-0.05, 0) is 53.9 Å². The summed E-state index contributed by atoms with van der Waals surface area (Å²) in [6.07, 6.45) is 0.375. The highest BCUT2D eigenvalue weighted by atomic mass is 16.5. The number of amides is 2. The minimum absolute atomic E-state index is 0.210. The fraction of sp³-hybridized carbons (Fsp3) is 0.333. The first-order valence-corrected chi connectivity index (χ1v) is 9.15. The monoisotopic (exact) mass is 400 g/mol. The van der Waals surface area contributed by atoms with Crippen molar-refractivity contribution in [1.82, 2.24) is 4.90 Å². The van der Waals surface area contributed by atoms with Gasteiger partial charge in [-0.25, -0.2) is 4.79 Å². The molecular formula is C21H24N2O6. The summed E-state index contributed by atoms with van der Waals surface area (Å²) in [6.45, 7) is 0.391. The molecule has 2 aromatic carbocycles. The quantitative estimate of drug-likeness (QED) is 0.772. The molecule has 0 saturated heterocycles. The summed E-state index contributed by atoms with van der Waals surface area (Å²) >= 11 is 0. The van der Waals surface area contributed by atoms with Crippen LogP contribution in [-0.4, -0.2) is 49.9 Å². The molecule has 2 aromatic rings. The number of benzene rings is 2. The standard InChI is InChI=1S/C21H24N2O6/c1-27-15-6-4-14(5-7-15)22-21(26)23-9-8-13-10-18(28-2)19(29-3)11-16(13)17(23)12-20(24)25/h4-7,10-11,17H,8-9,12H2,1-3H3,(H,22,26)(H,24,25)/t17-/m1/s1. The summed E-state index contributed by atoms with van der Waals surface area (Å²) in [7, 11) is 4.64. The van der Waals surface area contributed by atoms with Crippen molar-refractivity contribution in [3.8, 4) is 17.2 Å². The van der Waals surface area contributed by atoms with E-state index in [0.717, 1.165) is 11.1 Å². The van der Waals surface area contributed by atoms with Gasteiger partial charge in [0, 0.05) is 12.2 Å². The lowest BCUT2D eigenvalue weighted by molar-refractivity contribution is -0.138. The SMILES string of the molecule is COc1ccc(NC(=O)N2CCc3cc(OC)c(OC)cc3[C@H]2CC(=O)O)cc1. The second-order valence-corrected chi connectivity index (χ2v) is 6.62. The van der Waals surface area contributed by atoms with E-state index in [1.54, 1.807) is 49.5 Å². The minimum atomic E-state index is -0.986. The van der Waals surface area contributed by atoms with Crippen LogP contribution < -0.4 is 19.5 Å². The molecule has 29 heavy (non-hydrogen) atoms. The fourth-order valence-corrected chi connectivity index (χ4v) is 3.53. The molecule has 0 aromatic heterocycles. The number of urea groups is 1. The Morgan fingerprint density at radius 3 is 2.31 bits per heavy atom. The molecule has 0 aliphatic carbocycles. The van der Waals surface area contributed by atoms with Gasteiger partial charge in [-0.3, -0.25) is 4.79 Å². The number of carboxylic acid groups (broad SMARTS) is 1. The molecule has 0 unspecified atom stereocenters. The highest BCUT2D eigenvalue weighted by molar-refractivity contribution is 5.90. The first-order chi connectivity index (χ1) is 14.0. The summed E-state index contributed by atoms with van der Waals surface area (Å²) in [4.78, 5) is 26.0. The lowest BCUT2D eigenvalue weighted by atomic mass is 9.90. The van der Waals surface area contributed by atoms with Crippen molar-refractivity contribution in [1.29, 1.82) is 0 Å². The third-order valence-corrected chi connectivity index (χ3v) is 4.97. The summed E-state index contributed by atoms with van der Waals surface area (Å²) in [5.41, 5.74) is 2.30. The van der Waals surface area contributed by atoms with E-state index in [0.29, 0.717) is 35.9 Å². The van der Waals surface area contributed by atoms with Gasteiger partial charge in [0.1, 0.15) is 5.75 Å². The van der Waals surface area contributed by atoms with Crippen LogP contribution in [0.1, 0.15) is 23.6 Å². The predicted molar refractivity (Wildman–Crippen MR) is 107 cm³/mol. The van der Waals surface area contributed by atoms with Crippen molar-refractivity contribution in [3.05, 3.63) is 47.5 Å². The zero-order valence-electron chi connectivity index (χ0n) is 16.6. The number of hydrogen-bond donors (Lipinski definition) is 2. The first-order valence-electron chi connectivity index (χ1n) is 9.15. The Labute approximate surface area is 169 Å². The molecule has 1 aliphatic rings. The number of fused-ring (bicyclic) bond motifs is 1. The molecule has 0 saturated carbocycles. The average Bonchev–Trinajstić information content (AvgIpc) is 2.73. The van der Waals surface area contributed by atoms with Gasteiger partial charge in [0.2, 0.25) is 0 Å². The molecular weight excluding hydrogens is 376 g/mol. The molecule has 0 bridgehead atoms. The van der Waals surface area contributed by atoms with Crippen LogP contribution in [-0.2, 0) is 11.2 Å². The maximum absolute atomic E-state index is 12.9. The Balaban J connectivity index is 1.90. The molecule has 3 rings (SSSR count). The fourth-order valence-electron chi connectivity index (χ4n) is 3.53. The maximum atomic E-state index is 12.9. The lowest BCUT2D eigenvalue weighted by Crippen LogP contribution is -2.43. The van der Waals surface area contributed by atoms with E-state index in [2.05, 4.69) is 5.32 Å². The van der Waals surface area contributed by atoms with Crippen LogP contribution in [0.5, 0.6) is 17.2 Å². The van der Waals surface area contributed by atoms with E-state index in [-0.39, 0.29) is 12.5 Å². The molecule has 1 heterocycles. The number of carbonyl (C=O) groups excluding carboxylic acids is 1. The van der Waals surface area contributed by atoms with Crippen molar-refractivity contribution < 1.29 is 28.9 Å². The maximum Gasteiger partial charge on any atom is 0.322 e. The van der Waals surface area contributed by atoms with Crippen molar-refractivity contribution in [2.75, 3.05) is 33.2 Å². The van der Waals surface area contributed by atoms with Crippen LogP contribution in [0, 0.1) is 0 Å². The van der Waals surface area contributed by atoms with Gasteiger partial charge in [-0.2, -0.15) is 0 Å². The molecule has 0 fully saturated rings. The highest BCUT2D eigenvalue weighted by Crippen LogP contribution is 2.39. The molecule has 0 spiro atoms. The van der Waals surface area contributed by atoms with Crippen LogP contribution in [0.25, 0.3) is 0 Å². The van der Waals surface area contributed by atoms with Crippen LogP contribution in [0.15, 0.2) is 36.4 Å². The van der Waals surface area contributed by atoms with Gasteiger partial charge in [0.15, 0.2) is 11.5 Å². The van der Waals surface area contributed by atoms with Crippen LogP contribution in [0.4, 0.5) is 10.5 Å². The van der Waals surface area contributed by atoms with Crippen molar-refractivity contribution in [2.24, 2.45) is 0 Å². The number of ether oxygens (including phenoxy) is 3. The van der Waals surface area contributed by atoms with E-state index in [1.807, 2.05) is 6.07 Å². The largest absolute Gasteiger partial charge is 0.497 e. The molecule has 1 aliphatic heterocycles. The van der Waals surface area contributed by atoms with Gasteiger partial charge in [-0.15, -0.1) is 0 Å². The van der Waals surface area contributed by atoms with Crippen LogP contribution in [0.3, 0.4) is 0 Å².